The number of carbonyl (C=O) groups excluding carboxylic acids is 1. The molecule has 5 rings (SSSR count). The second kappa shape index (κ2) is 12.0. The molecule has 3 aromatic rings. The number of hydrogen-bond acceptors (Lipinski definition) is 7. The van der Waals surface area contributed by atoms with E-state index in [0.29, 0.717) is 51.1 Å². The molecule has 0 atom stereocenters. The first-order valence-electron chi connectivity index (χ1n) is 13.2. The highest BCUT2D eigenvalue weighted by Gasteiger charge is 2.39. The van der Waals surface area contributed by atoms with Gasteiger partial charge in [0.25, 0.3) is 0 Å². The van der Waals surface area contributed by atoms with Crippen LogP contribution in [0.3, 0.4) is 0 Å². The molecule has 4 heterocycles. The van der Waals surface area contributed by atoms with E-state index in [1.807, 2.05) is 22.4 Å². The molecular formula is C28H33F3N6OS. The highest BCUT2D eigenvalue weighted by Crippen LogP contribution is 2.38. The average Bonchev–Trinajstić information content (AvgIpc) is 3.47. The lowest BCUT2D eigenvalue weighted by atomic mass is 9.72. The Labute approximate surface area is 230 Å². The number of hydrogen-bond donors (Lipinski definition) is 1. The Morgan fingerprint density at radius 1 is 1.03 bits per heavy atom. The maximum absolute atomic E-state index is 13.5. The van der Waals surface area contributed by atoms with Gasteiger partial charge in [0.1, 0.15) is 5.82 Å². The minimum Gasteiger partial charge on any atom is -0.353 e. The van der Waals surface area contributed by atoms with Crippen molar-refractivity contribution >= 4 is 23.1 Å². The van der Waals surface area contributed by atoms with Crippen molar-refractivity contribution < 1.29 is 18.0 Å². The van der Waals surface area contributed by atoms with Crippen molar-refractivity contribution in [1.82, 2.24) is 25.1 Å². The number of piperidine rings is 1. The summed E-state index contributed by atoms with van der Waals surface area (Å²) in [6.45, 7) is 5.70. The van der Waals surface area contributed by atoms with Crippen molar-refractivity contribution in [3.05, 3.63) is 76.4 Å². The molecule has 1 N–H and O–H groups in total. The number of anilines is 1. The van der Waals surface area contributed by atoms with E-state index in [4.69, 9.17) is 0 Å². The van der Waals surface area contributed by atoms with E-state index in [1.165, 1.54) is 17.0 Å². The Bertz CT molecular complexity index is 1210. The standard InChI is InChI=1S/C28H33F3N6OS/c29-28(30,31)23-4-1-3-22(17-23)27(21-33-18-24-5-2-16-39-24)6-10-37(11-7-27)26(38)20-35-12-14-36(15-13-35)25-19-32-8-9-34-25/h1-5,8-9,16-17,19,33H,6-7,10-15,18,20-21H2. The number of aromatic nitrogens is 2. The molecule has 39 heavy (non-hydrogen) atoms. The lowest BCUT2D eigenvalue weighted by molar-refractivity contribution is -0.137. The maximum atomic E-state index is 13.5. The monoisotopic (exact) mass is 558 g/mol. The fourth-order valence-corrected chi connectivity index (χ4v) is 6.17. The van der Waals surface area contributed by atoms with Gasteiger partial charge in [0.2, 0.25) is 5.91 Å². The molecule has 2 saturated heterocycles. The first-order chi connectivity index (χ1) is 18.8. The van der Waals surface area contributed by atoms with Gasteiger partial charge in [0, 0.05) is 75.0 Å². The van der Waals surface area contributed by atoms with Crippen LogP contribution in [0.1, 0.15) is 28.8 Å². The summed E-state index contributed by atoms with van der Waals surface area (Å²) in [5.41, 5.74) is -0.419. The van der Waals surface area contributed by atoms with Crippen LogP contribution in [0.4, 0.5) is 19.0 Å². The van der Waals surface area contributed by atoms with Crippen molar-refractivity contribution in [2.75, 3.05) is 57.3 Å². The number of nitrogens with one attached hydrogen (secondary N) is 1. The number of likely N-dealkylation sites (tertiary alicyclic amines) is 1. The predicted octanol–water partition coefficient (Wildman–Crippen LogP) is 4.03. The lowest BCUT2D eigenvalue weighted by Crippen LogP contribution is -2.53. The number of halogens is 3. The molecule has 2 aliphatic heterocycles. The van der Waals surface area contributed by atoms with Gasteiger partial charge in [-0.25, -0.2) is 4.98 Å². The van der Waals surface area contributed by atoms with Crippen LogP contribution in [0.15, 0.2) is 60.4 Å². The molecule has 2 fully saturated rings. The first kappa shape index (κ1) is 27.5. The molecule has 208 valence electrons. The van der Waals surface area contributed by atoms with Gasteiger partial charge in [-0.1, -0.05) is 24.3 Å². The Morgan fingerprint density at radius 3 is 2.49 bits per heavy atom. The largest absolute Gasteiger partial charge is 0.416 e. The SMILES string of the molecule is O=C(CN1CCN(c2cnccn2)CC1)N1CCC(CNCc2cccs2)(c2cccc(C(F)(F)F)c2)CC1. The highest BCUT2D eigenvalue weighted by atomic mass is 32.1. The number of piperazine rings is 1. The Hall–Kier alpha value is -3.02. The van der Waals surface area contributed by atoms with Crippen molar-refractivity contribution in [2.24, 2.45) is 0 Å². The molecule has 2 aliphatic rings. The average molecular weight is 559 g/mol. The zero-order valence-corrected chi connectivity index (χ0v) is 22.6. The molecule has 0 bridgehead atoms. The summed E-state index contributed by atoms with van der Waals surface area (Å²) in [6, 6.07) is 9.75. The van der Waals surface area contributed by atoms with Crippen molar-refractivity contribution in [2.45, 2.75) is 31.0 Å². The fraction of sp³-hybridized carbons (Fsp3) is 0.464. The van der Waals surface area contributed by atoms with Crippen LogP contribution in [0.5, 0.6) is 0 Å². The predicted molar refractivity (Wildman–Crippen MR) is 146 cm³/mol. The third-order valence-corrected chi connectivity index (χ3v) is 8.70. The molecular weight excluding hydrogens is 525 g/mol. The smallest absolute Gasteiger partial charge is 0.353 e. The highest BCUT2D eigenvalue weighted by molar-refractivity contribution is 7.09. The third-order valence-electron chi connectivity index (χ3n) is 7.82. The van der Waals surface area contributed by atoms with Gasteiger partial charge in [0.15, 0.2) is 0 Å². The van der Waals surface area contributed by atoms with Gasteiger partial charge in [-0.3, -0.25) is 14.7 Å². The van der Waals surface area contributed by atoms with Crippen LogP contribution in [-0.2, 0) is 22.9 Å². The lowest BCUT2D eigenvalue weighted by Gasteiger charge is -2.43. The second-order valence-electron chi connectivity index (χ2n) is 10.2. The number of benzene rings is 1. The van der Waals surface area contributed by atoms with Crippen molar-refractivity contribution in [3.8, 4) is 0 Å². The van der Waals surface area contributed by atoms with Crippen molar-refractivity contribution in [3.63, 3.8) is 0 Å². The molecule has 0 unspecified atom stereocenters. The van der Waals surface area contributed by atoms with E-state index in [-0.39, 0.29) is 5.91 Å². The fourth-order valence-electron chi connectivity index (χ4n) is 5.50. The van der Waals surface area contributed by atoms with Crippen LogP contribution in [0.2, 0.25) is 0 Å². The number of carbonyl (C=O) groups is 1. The summed E-state index contributed by atoms with van der Waals surface area (Å²) >= 11 is 1.65. The molecule has 0 spiro atoms. The minimum atomic E-state index is -4.39. The molecule has 2 aromatic heterocycles. The quantitative estimate of drug-likeness (QED) is 0.451. The van der Waals surface area contributed by atoms with Crippen LogP contribution < -0.4 is 10.2 Å². The third kappa shape index (κ3) is 6.77. The zero-order chi connectivity index (χ0) is 27.3. The number of rotatable bonds is 8. The number of nitrogens with zero attached hydrogens (tertiary/aromatic N) is 5. The molecule has 0 radical (unpaired) electrons. The van der Waals surface area contributed by atoms with Crippen LogP contribution in [-0.4, -0.2) is 78.0 Å². The van der Waals surface area contributed by atoms with Crippen LogP contribution >= 0.6 is 11.3 Å². The van der Waals surface area contributed by atoms with E-state index in [1.54, 1.807) is 36.0 Å². The molecule has 11 heteroatoms. The maximum Gasteiger partial charge on any atom is 0.416 e. The Morgan fingerprint density at radius 2 is 1.82 bits per heavy atom. The van der Waals surface area contributed by atoms with Crippen LogP contribution in [0.25, 0.3) is 0 Å². The summed E-state index contributed by atoms with van der Waals surface area (Å²) in [5.74, 6) is 0.922. The number of alkyl halides is 3. The van der Waals surface area contributed by atoms with Crippen LogP contribution in [0, 0.1) is 0 Å². The van der Waals surface area contributed by atoms with Gasteiger partial charge in [0.05, 0.1) is 18.3 Å². The zero-order valence-electron chi connectivity index (χ0n) is 21.7. The summed E-state index contributed by atoms with van der Waals surface area (Å²) in [5, 5.41) is 5.50. The second-order valence-corrected chi connectivity index (χ2v) is 11.3. The molecule has 0 saturated carbocycles. The summed E-state index contributed by atoms with van der Waals surface area (Å²) < 4.78 is 40.6. The molecule has 1 aromatic carbocycles. The van der Waals surface area contributed by atoms with Gasteiger partial charge in [-0.2, -0.15) is 13.2 Å². The van der Waals surface area contributed by atoms with Crippen molar-refractivity contribution in [1.29, 1.82) is 0 Å². The number of amides is 1. The topological polar surface area (TPSA) is 64.6 Å². The van der Waals surface area contributed by atoms with E-state index in [2.05, 4.69) is 25.1 Å². The molecule has 1 amide bonds. The van der Waals surface area contributed by atoms with Gasteiger partial charge < -0.3 is 15.1 Å². The van der Waals surface area contributed by atoms with E-state index in [0.717, 1.165) is 38.1 Å². The Balaban J connectivity index is 1.20. The Kier molecular flexibility index (Phi) is 8.49. The van der Waals surface area contributed by atoms with Gasteiger partial charge >= 0.3 is 6.18 Å². The summed E-state index contributed by atoms with van der Waals surface area (Å²) in [4.78, 5) is 29.1. The summed E-state index contributed by atoms with van der Waals surface area (Å²) in [7, 11) is 0. The van der Waals surface area contributed by atoms with Gasteiger partial charge in [-0.05, 0) is 35.9 Å². The van der Waals surface area contributed by atoms with E-state index in [9.17, 15) is 18.0 Å². The van der Waals surface area contributed by atoms with E-state index >= 15 is 0 Å². The molecule has 0 aliphatic carbocycles. The first-order valence-corrected chi connectivity index (χ1v) is 14.1. The normalized spacial score (nSPS) is 18.3. The minimum absolute atomic E-state index is 0.0761. The summed E-state index contributed by atoms with van der Waals surface area (Å²) in [6.07, 6.45) is 1.91. The molecule has 7 nitrogen and oxygen atoms in total. The number of thiophene rings is 1. The van der Waals surface area contributed by atoms with E-state index < -0.39 is 17.2 Å². The van der Waals surface area contributed by atoms with Gasteiger partial charge in [-0.15, -0.1) is 11.3 Å².